The summed E-state index contributed by atoms with van der Waals surface area (Å²) in [6, 6.07) is 0. The molecule has 0 aromatic rings. The van der Waals surface area contributed by atoms with Crippen LogP contribution in [0.4, 0.5) is 0 Å². The van der Waals surface area contributed by atoms with Crippen molar-refractivity contribution in [3.05, 3.63) is 0 Å². The van der Waals surface area contributed by atoms with E-state index in [0.29, 0.717) is 0 Å². The van der Waals surface area contributed by atoms with E-state index < -0.39 is 10.4 Å². The van der Waals surface area contributed by atoms with Crippen LogP contribution >= 0.6 is 0 Å². The number of hydrogen-bond acceptors (Lipinski definition) is 2. The quantitative estimate of drug-likeness (QED) is 0.411. The first kappa shape index (κ1) is 10.8. The van der Waals surface area contributed by atoms with Gasteiger partial charge >= 0.3 is 38.8 Å². The summed E-state index contributed by atoms with van der Waals surface area (Å²) >= 11 is 6.00. The Morgan fingerprint density at radius 2 is 1.14 bits per heavy atom. The van der Waals surface area contributed by atoms with E-state index in [1.54, 1.807) is 0 Å². The third kappa shape index (κ3) is 202. The topological polar surface area (TPSA) is 74.6 Å². The van der Waals surface area contributed by atoms with Crippen molar-refractivity contribution in [3.8, 4) is 0 Å². The molecule has 0 unspecified atom stereocenters. The Hall–Kier alpha value is 0.909. The van der Waals surface area contributed by atoms with Gasteiger partial charge in [0.15, 0.2) is 0 Å². The zero-order valence-electron chi connectivity index (χ0n) is 2.83. The molecule has 48 valence electrons. The molecule has 4 nitrogen and oxygen atoms in total. The van der Waals surface area contributed by atoms with Crippen molar-refractivity contribution in [2.45, 2.75) is 0 Å². The Balaban J connectivity index is 0. The van der Waals surface area contributed by atoms with Gasteiger partial charge in [0.1, 0.15) is 0 Å². The van der Waals surface area contributed by atoms with Crippen molar-refractivity contribution < 1.29 is 45.9 Å². The molecule has 2 N–H and O–H groups in total. The maximum absolute atomic E-state index is 8.74. The van der Waals surface area contributed by atoms with E-state index in [9.17, 15) is 0 Å². The predicted molar refractivity (Wildman–Crippen MR) is 14.2 cm³/mol. The SMILES string of the molecule is O=S(=O)(O)O.[Fe][Fe]. The fourth-order valence-corrected chi connectivity index (χ4v) is 0. The van der Waals surface area contributed by atoms with Gasteiger partial charge < -0.3 is 0 Å². The Bertz CT molecular complexity index is 92.9. The maximum atomic E-state index is 8.74. The molecule has 0 aliphatic rings. The summed E-state index contributed by atoms with van der Waals surface area (Å²) in [7, 11) is -4.67. The van der Waals surface area contributed by atoms with Gasteiger partial charge in [0.2, 0.25) is 0 Å². The van der Waals surface area contributed by atoms with Crippen LogP contribution in [0.2, 0.25) is 0 Å². The average Bonchev–Trinajstić information content (AvgIpc) is 1.36. The monoisotopic (exact) mass is 210 g/mol. The van der Waals surface area contributed by atoms with Gasteiger partial charge in [0.05, 0.1) is 0 Å². The van der Waals surface area contributed by atoms with E-state index in [4.69, 9.17) is 17.5 Å². The molecule has 0 amide bonds. The molecule has 0 heterocycles. The molecule has 0 rings (SSSR count). The molecule has 0 fully saturated rings. The molecule has 0 bridgehead atoms. The fourth-order valence-electron chi connectivity index (χ4n) is 0. The molecular formula is H2Fe2O4S. The van der Waals surface area contributed by atoms with Crippen molar-refractivity contribution in [1.82, 2.24) is 0 Å². The number of hydrogen-bond donors (Lipinski definition) is 2. The van der Waals surface area contributed by atoms with Gasteiger partial charge in [-0.2, -0.15) is 8.42 Å². The van der Waals surface area contributed by atoms with Gasteiger partial charge in [-0.1, -0.05) is 0 Å². The molecule has 0 saturated heterocycles. The van der Waals surface area contributed by atoms with E-state index in [1.165, 1.54) is 0 Å². The molecule has 7 heavy (non-hydrogen) atoms. The van der Waals surface area contributed by atoms with E-state index in [2.05, 4.69) is 28.4 Å². The molecular weight excluding hydrogens is 208 g/mol. The van der Waals surface area contributed by atoms with E-state index >= 15 is 0 Å². The minimum atomic E-state index is -4.67. The average molecular weight is 210 g/mol. The molecule has 0 spiro atoms. The zero-order valence-corrected chi connectivity index (χ0v) is 5.85. The van der Waals surface area contributed by atoms with Crippen molar-refractivity contribution in [2.24, 2.45) is 0 Å². The van der Waals surface area contributed by atoms with Crippen molar-refractivity contribution >= 4 is 10.4 Å². The summed E-state index contributed by atoms with van der Waals surface area (Å²) in [6.07, 6.45) is 0. The van der Waals surface area contributed by atoms with E-state index in [-0.39, 0.29) is 0 Å². The Kier molecular flexibility index (Phi) is 7.81. The third-order valence-electron chi connectivity index (χ3n) is 0. The van der Waals surface area contributed by atoms with Crippen molar-refractivity contribution in [3.63, 3.8) is 0 Å². The van der Waals surface area contributed by atoms with Crippen LogP contribution < -0.4 is 0 Å². The van der Waals surface area contributed by atoms with Crippen molar-refractivity contribution in [1.29, 1.82) is 0 Å². The van der Waals surface area contributed by atoms with Gasteiger partial charge in [0.25, 0.3) is 0 Å². The Morgan fingerprint density at radius 1 is 1.14 bits per heavy atom. The van der Waals surface area contributed by atoms with Crippen LogP contribution in [0, 0.1) is 0 Å². The first-order chi connectivity index (χ1) is 3.00. The van der Waals surface area contributed by atoms with Crippen LogP contribution in [0.1, 0.15) is 0 Å². The predicted octanol–water partition coefficient (Wildman–Crippen LogP) is -0.658. The molecule has 0 atom stereocenters. The summed E-state index contributed by atoms with van der Waals surface area (Å²) in [4.78, 5) is 0. The van der Waals surface area contributed by atoms with Crippen LogP contribution in [0.25, 0.3) is 0 Å². The summed E-state index contributed by atoms with van der Waals surface area (Å²) < 4.78 is 31.6. The second kappa shape index (κ2) is 5.05. The molecule has 0 aromatic carbocycles. The second-order valence-electron chi connectivity index (χ2n) is 0.448. The van der Waals surface area contributed by atoms with Gasteiger partial charge in [-0.05, 0) is 0 Å². The Labute approximate surface area is 56.4 Å². The summed E-state index contributed by atoms with van der Waals surface area (Å²) in [5, 5.41) is 0. The van der Waals surface area contributed by atoms with E-state index in [0.717, 1.165) is 0 Å². The third-order valence-corrected chi connectivity index (χ3v) is 0. The summed E-state index contributed by atoms with van der Waals surface area (Å²) in [5.41, 5.74) is 0. The summed E-state index contributed by atoms with van der Waals surface area (Å²) in [5.74, 6) is 0. The van der Waals surface area contributed by atoms with Gasteiger partial charge in [0, 0.05) is 0 Å². The standard InChI is InChI=1S/2Fe.H2O4S/c;;1-5(2,3)4/h;;(H2,1,2,3,4). The normalized spacial score (nSPS) is 9.14. The molecule has 0 aliphatic heterocycles. The Morgan fingerprint density at radius 3 is 1.14 bits per heavy atom. The van der Waals surface area contributed by atoms with Crippen LogP contribution in [-0.4, -0.2) is 17.5 Å². The van der Waals surface area contributed by atoms with Crippen LogP contribution in [0.15, 0.2) is 0 Å². The molecule has 0 aliphatic carbocycles. The van der Waals surface area contributed by atoms with Gasteiger partial charge in [-0.25, -0.2) is 0 Å². The van der Waals surface area contributed by atoms with Crippen LogP contribution in [-0.2, 0) is 38.8 Å². The number of rotatable bonds is 0. The van der Waals surface area contributed by atoms with Crippen molar-refractivity contribution in [2.75, 3.05) is 0 Å². The molecule has 0 saturated carbocycles. The first-order valence-corrected chi connectivity index (χ1v) is 4.22. The van der Waals surface area contributed by atoms with Crippen LogP contribution in [0.3, 0.4) is 0 Å². The minimum absolute atomic E-state index is 3.00. The molecule has 7 heteroatoms. The van der Waals surface area contributed by atoms with Crippen LogP contribution in [0.5, 0.6) is 0 Å². The zero-order chi connectivity index (χ0) is 6.50. The van der Waals surface area contributed by atoms with Gasteiger partial charge in [-0.3, -0.25) is 9.11 Å². The molecule has 0 aromatic heterocycles. The van der Waals surface area contributed by atoms with Gasteiger partial charge in [-0.15, -0.1) is 0 Å². The molecule has 0 radical (unpaired) electrons. The first-order valence-electron chi connectivity index (χ1n) is 0.823. The fraction of sp³-hybridized carbons (Fsp3) is 0. The summed E-state index contributed by atoms with van der Waals surface area (Å²) in [6.45, 7) is 0. The second-order valence-corrected chi connectivity index (χ2v) is 1.34. The van der Waals surface area contributed by atoms with E-state index in [1.807, 2.05) is 0 Å².